The molecule has 5 aliphatic heterocycles. The molecule has 0 radical (unpaired) electrons. The quantitative estimate of drug-likeness (QED) is 0.267. The van der Waals surface area contributed by atoms with Crippen LogP contribution in [-0.2, 0) is 9.59 Å². The molecule has 12 heteroatoms. The van der Waals surface area contributed by atoms with E-state index in [1.165, 1.54) is 5.69 Å². The summed E-state index contributed by atoms with van der Waals surface area (Å²) in [7, 11) is 0. The maximum atomic E-state index is 13.6. The van der Waals surface area contributed by atoms with Crippen LogP contribution in [0.4, 0.5) is 22.7 Å². The third kappa shape index (κ3) is 8.33. The first-order valence-electron chi connectivity index (χ1n) is 20.4. The number of nitrogens with one attached hydrogen (secondary N) is 2. The number of carbonyl (C=O) groups is 3. The van der Waals surface area contributed by atoms with Crippen LogP contribution in [0.5, 0.6) is 0 Å². The smallest absolute Gasteiger partial charge is 0.253 e. The predicted octanol–water partition coefficient (Wildman–Crippen LogP) is 5.99. The standard InChI is InChI=1S/C44H53ClN8O3/c1-31-27-44(30-53(31)38-10-7-34(28-46)39(45)26-38)15-19-50(20-16-44)36-8-5-33(6-9-36)43(56)52-17-13-32(14-18-52)29-49-21-23-51(24-22-49)37-4-2-3-35(25-37)47-40-11-12-41(54)48-42(40)55/h2-10,25-26,31-32,40,47H,11-24,27,29-30H2,1H3,(H,48,54,55)/t31-,40-/m1/s1. The average molecular weight is 777 g/mol. The molecule has 0 aromatic heterocycles. The van der Waals surface area contributed by atoms with Gasteiger partial charge in [-0.1, -0.05) is 17.7 Å². The van der Waals surface area contributed by atoms with Gasteiger partial charge in [0.05, 0.1) is 10.6 Å². The lowest BCUT2D eigenvalue weighted by Gasteiger charge is -2.40. The SMILES string of the molecule is C[C@@H]1CC2(CCN(c3ccc(C(=O)N4CCC(CN5CCN(c6cccc(N[C@@H]7CCC(=O)NC7=O)c6)CC5)CC4)cc3)CC2)CN1c1ccc(C#N)c(Cl)c1. The summed E-state index contributed by atoms with van der Waals surface area (Å²) in [4.78, 5) is 49.2. The molecule has 1 spiro atoms. The van der Waals surface area contributed by atoms with Crippen molar-refractivity contribution in [3.05, 3.63) is 82.9 Å². The van der Waals surface area contributed by atoms with Gasteiger partial charge in [0.15, 0.2) is 0 Å². The van der Waals surface area contributed by atoms with Crippen LogP contribution in [-0.4, -0.2) is 105 Å². The van der Waals surface area contributed by atoms with Crippen molar-refractivity contribution >= 4 is 52.1 Å². The number of carbonyl (C=O) groups excluding carboxylic acids is 3. The fourth-order valence-corrected chi connectivity index (χ4v) is 9.95. The Bertz CT molecular complexity index is 1960. The molecule has 5 aliphatic rings. The number of anilines is 4. The van der Waals surface area contributed by atoms with E-state index in [4.69, 9.17) is 11.6 Å². The second-order valence-electron chi connectivity index (χ2n) is 16.7. The average Bonchev–Trinajstić information content (AvgIpc) is 3.54. The Kier molecular flexibility index (Phi) is 11.1. The van der Waals surface area contributed by atoms with Crippen LogP contribution in [0.15, 0.2) is 66.7 Å². The predicted molar refractivity (Wildman–Crippen MR) is 221 cm³/mol. The van der Waals surface area contributed by atoms with Crippen molar-refractivity contribution in [1.82, 2.24) is 15.1 Å². The first-order valence-corrected chi connectivity index (χ1v) is 20.8. The van der Waals surface area contributed by atoms with Gasteiger partial charge in [0.1, 0.15) is 12.1 Å². The molecule has 5 fully saturated rings. The molecule has 294 valence electrons. The molecule has 5 saturated heterocycles. The number of nitriles is 1. The van der Waals surface area contributed by atoms with Crippen LogP contribution in [0.3, 0.4) is 0 Å². The van der Waals surface area contributed by atoms with Gasteiger partial charge in [-0.15, -0.1) is 0 Å². The Hall–Kier alpha value is -4.79. The highest BCUT2D eigenvalue weighted by atomic mass is 35.5. The summed E-state index contributed by atoms with van der Waals surface area (Å²) in [6.07, 6.45) is 6.34. The Balaban J connectivity index is 0.762. The Morgan fingerprint density at radius 1 is 0.875 bits per heavy atom. The minimum absolute atomic E-state index is 0.137. The number of rotatable bonds is 8. The molecule has 8 rings (SSSR count). The van der Waals surface area contributed by atoms with E-state index in [1.807, 2.05) is 47.4 Å². The maximum Gasteiger partial charge on any atom is 0.253 e. The van der Waals surface area contributed by atoms with Gasteiger partial charge in [-0.3, -0.25) is 24.6 Å². The number of halogens is 1. The lowest BCUT2D eigenvalue weighted by atomic mass is 9.76. The number of benzene rings is 3. The van der Waals surface area contributed by atoms with E-state index in [0.717, 1.165) is 120 Å². The molecule has 56 heavy (non-hydrogen) atoms. The van der Waals surface area contributed by atoms with Gasteiger partial charge in [0.25, 0.3) is 5.91 Å². The van der Waals surface area contributed by atoms with E-state index in [-0.39, 0.29) is 29.2 Å². The van der Waals surface area contributed by atoms with Gasteiger partial charge in [-0.05, 0) is 117 Å². The number of likely N-dealkylation sites (tertiary alicyclic amines) is 1. The number of hydrogen-bond donors (Lipinski definition) is 2. The zero-order chi connectivity index (χ0) is 38.8. The van der Waals surface area contributed by atoms with Gasteiger partial charge in [0.2, 0.25) is 11.8 Å². The molecule has 3 aromatic rings. The second kappa shape index (κ2) is 16.4. The summed E-state index contributed by atoms with van der Waals surface area (Å²) in [5.74, 6) is 0.268. The van der Waals surface area contributed by atoms with Gasteiger partial charge in [0, 0.05) is 106 Å². The summed E-state index contributed by atoms with van der Waals surface area (Å²) >= 11 is 6.38. The van der Waals surface area contributed by atoms with Gasteiger partial charge in [-0.2, -0.15) is 5.26 Å². The van der Waals surface area contributed by atoms with Crippen molar-refractivity contribution in [2.45, 2.75) is 64.0 Å². The van der Waals surface area contributed by atoms with Gasteiger partial charge < -0.3 is 24.9 Å². The van der Waals surface area contributed by atoms with E-state index in [0.29, 0.717) is 35.4 Å². The summed E-state index contributed by atoms with van der Waals surface area (Å²) < 4.78 is 0. The van der Waals surface area contributed by atoms with Crippen LogP contribution in [0, 0.1) is 22.7 Å². The van der Waals surface area contributed by atoms with Gasteiger partial charge >= 0.3 is 0 Å². The Labute approximate surface area is 335 Å². The fraction of sp³-hybridized carbons (Fsp3) is 0.500. The van der Waals surface area contributed by atoms with E-state index in [9.17, 15) is 19.6 Å². The molecular formula is C44H53ClN8O3. The minimum Gasteiger partial charge on any atom is -0.374 e. The highest BCUT2D eigenvalue weighted by Crippen LogP contribution is 2.46. The summed E-state index contributed by atoms with van der Waals surface area (Å²) in [6, 6.07) is 24.5. The largest absolute Gasteiger partial charge is 0.374 e. The molecule has 0 bridgehead atoms. The number of piperidine rings is 3. The minimum atomic E-state index is -0.389. The number of amides is 3. The number of imide groups is 1. The van der Waals surface area contributed by atoms with Crippen LogP contribution in [0.25, 0.3) is 0 Å². The summed E-state index contributed by atoms with van der Waals surface area (Å²) in [5, 5.41) is 15.5. The molecule has 0 aliphatic carbocycles. The van der Waals surface area contributed by atoms with Crippen molar-refractivity contribution in [2.75, 3.05) is 85.5 Å². The molecule has 2 N–H and O–H groups in total. The first kappa shape index (κ1) is 38.1. The second-order valence-corrected chi connectivity index (χ2v) is 17.1. The fourth-order valence-electron chi connectivity index (χ4n) is 9.73. The van der Waals surface area contributed by atoms with Crippen LogP contribution >= 0.6 is 11.6 Å². The molecule has 5 heterocycles. The van der Waals surface area contributed by atoms with E-state index < -0.39 is 0 Å². The Morgan fingerprint density at radius 2 is 1.59 bits per heavy atom. The van der Waals surface area contributed by atoms with Crippen molar-refractivity contribution < 1.29 is 14.4 Å². The summed E-state index contributed by atoms with van der Waals surface area (Å²) in [6.45, 7) is 11.9. The highest BCUT2D eigenvalue weighted by Gasteiger charge is 2.44. The molecular weight excluding hydrogens is 724 g/mol. The molecule has 11 nitrogen and oxygen atoms in total. The van der Waals surface area contributed by atoms with Crippen LogP contribution < -0.4 is 25.3 Å². The van der Waals surface area contributed by atoms with Crippen molar-refractivity contribution in [2.24, 2.45) is 11.3 Å². The summed E-state index contributed by atoms with van der Waals surface area (Å²) in [5.41, 5.74) is 5.90. The lowest BCUT2D eigenvalue weighted by molar-refractivity contribution is -0.133. The molecule has 2 atom stereocenters. The third-order valence-corrected chi connectivity index (χ3v) is 13.4. The number of piperazine rings is 1. The highest BCUT2D eigenvalue weighted by molar-refractivity contribution is 6.32. The number of hydrogen-bond acceptors (Lipinski definition) is 9. The Morgan fingerprint density at radius 3 is 2.29 bits per heavy atom. The van der Waals surface area contributed by atoms with E-state index in [2.05, 4.69) is 67.5 Å². The normalized spacial score (nSPS) is 23.3. The van der Waals surface area contributed by atoms with Gasteiger partial charge in [-0.25, -0.2) is 0 Å². The van der Waals surface area contributed by atoms with Crippen molar-refractivity contribution in [3.8, 4) is 6.07 Å². The van der Waals surface area contributed by atoms with E-state index >= 15 is 0 Å². The lowest BCUT2D eigenvalue weighted by Crippen LogP contribution is -2.49. The monoisotopic (exact) mass is 776 g/mol. The zero-order valence-corrected chi connectivity index (χ0v) is 33.1. The zero-order valence-electron chi connectivity index (χ0n) is 32.4. The molecule has 3 aromatic carbocycles. The van der Waals surface area contributed by atoms with Crippen molar-refractivity contribution in [3.63, 3.8) is 0 Å². The third-order valence-electron chi connectivity index (χ3n) is 13.1. The first-order chi connectivity index (χ1) is 27.1. The molecule has 0 saturated carbocycles. The molecule has 0 unspecified atom stereocenters. The molecule has 3 amide bonds. The maximum absolute atomic E-state index is 13.6. The van der Waals surface area contributed by atoms with Crippen molar-refractivity contribution in [1.29, 1.82) is 5.26 Å². The topological polar surface area (TPSA) is 115 Å². The van der Waals surface area contributed by atoms with Crippen LogP contribution in [0.1, 0.15) is 67.8 Å². The van der Waals surface area contributed by atoms with E-state index in [1.54, 1.807) is 0 Å². The number of nitrogens with zero attached hydrogens (tertiary/aromatic N) is 6. The van der Waals surface area contributed by atoms with Crippen LogP contribution in [0.2, 0.25) is 5.02 Å².